The van der Waals surface area contributed by atoms with E-state index in [-0.39, 0.29) is 5.97 Å². The summed E-state index contributed by atoms with van der Waals surface area (Å²) in [4.78, 5) is 13.9. The lowest BCUT2D eigenvalue weighted by molar-refractivity contribution is -0.146. The maximum atomic E-state index is 11.5. The lowest BCUT2D eigenvalue weighted by Gasteiger charge is -2.29. The molecule has 0 saturated heterocycles. The molecule has 18 heavy (non-hydrogen) atoms. The van der Waals surface area contributed by atoms with Crippen molar-refractivity contribution in [3.63, 3.8) is 0 Å². The van der Waals surface area contributed by atoms with Crippen LogP contribution in [-0.2, 0) is 9.53 Å². The maximum absolute atomic E-state index is 11.5. The lowest BCUT2D eigenvalue weighted by Crippen LogP contribution is -2.46. The number of methoxy groups -OCH3 is 1. The third-order valence-electron chi connectivity index (χ3n) is 3.12. The monoisotopic (exact) mass is 258 g/mol. The van der Waals surface area contributed by atoms with Crippen LogP contribution in [0.2, 0.25) is 0 Å². The predicted molar refractivity (Wildman–Crippen MR) is 75.4 cm³/mol. The van der Waals surface area contributed by atoms with Gasteiger partial charge in [0.15, 0.2) is 0 Å². The second-order valence-corrected chi connectivity index (χ2v) is 6.00. The summed E-state index contributed by atoms with van der Waals surface area (Å²) in [7, 11) is 1.38. The average Bonchev–Trinajstić information content (AvgIpc) is 2.25. The van der Waals surface area contributed by atoms with Crippen LogP contribution in [0.25, 0.3) is 0 Å². The van der Waals surface area contributed by atoms with Crippen LogP contribution in [0.5, 0.6) is 0 Å². The molecule has 0 aliphatic rings. The van der Waals surface area contributed by atoms with E-state index < -0.39 is 5.54 Å². The summed E-state index contributed by atoms with van der Waals surface area (Å²) in [5.41, 5.74) is 5.08. The summed E-state index contributed by atoms with van der Waals surface area (Å²) < 4.78 is 4.71. The molecule has 0 bridgehead atoms. The van der Waals surface area contributed by atoms with Gasteiger partial charge in [0.2, 0.25) is 0 Å². The van der Waals surface area contributed by atoms with Gasteiger partial charge >= 0.3 is 5.97 Å². The Kier molecular flexibility index (Phi) is 7.48. The first-order valence-electron chi connectivity index (χ1n) is 6.82. The van der Waals surface area contributed by atoms with E-state index >= 15 is 0 Å². The van der Waals surface area contributed by atoms with Crippen molar-refractivity contribution in [2.24, 2.45) is 11.7 Å². The molecule has 0 saturated carbocycles. The third kappa shape index (κ3) is 6.36. The maximum Gasteiger partial charge on any atom is 0.325 e. The summed E-state index contributed by atoms with van der Waals surface area (Å²) in [6, 6.07) is 0.523. The van der Waals surface area contributed by atoms with Crippen LogP contribution in [0.1, 0.15) is 47.5 Å². The summed E-state index contributed by atoms with van der Waals surface area (Å²) in [5, 5.41) is 0. The first-order chi connectivity index (χ1) is 8.20. The van der Waals surface area contributed by atoms with Crippen molar-refractivity contribution in [1.82, 2.24) is 4.90 Å². The molecular formula is C14H30N2O2. The number of ether oxygens (including phenoxy) is 1. The number of carbonyl (C=O) groups is 1. The van der Waals surface area contributed by atoms with Crippen LogP contribution in [0, 0.1) is 5.92 Å². The van der Waals surface area contributed by atoms with E-state index in [0.29, 0.717) is 18.4 Å². The van der Waals surface area contributed by atoms with Crippen LogP contribution >= 0.6 is 0 Å². The SMILES string of the molecule is COC(=O)C(C)(N)CCCN(CC(C)C)C(C)C. The van der Waals surface area contributed by atoms with Gasteiger partial charge in [0, 0.05) is 12.6 Å². The molecule has 0 aliphatic carbocycles. The molecule has 0 fully saturated rings. The van der Waals surface area contributed by atoms with E-state index in [1.807, 2.05) is 0 Å². The Morgan fingerprint density at radius 3 is 2.28 bits per heavy atom. The molecule has 0 aromatic rings. The molecule has 0 spiro atoms. The lowest BCUT2D eigenvalue weighted by atomic mass is 9.97. The van der Waals surface area contributed by atoms with Crippen molar-refractivity contribution in [2.75, 3.05) is 20.2 Å². The minimum Gasteiger partial charge on any atom is -0.468 e. The fourth-order valence-electron chi connectivity index (χ4n) is 2.01. The topological polar surface area (TPSA) is 55.6 Å². The molecule has 4 nitrogen and oxygen atoms in total. The van der Waals surface area contributed by atoms with Gasteiger partial charge in [0.1, 0.15) is 5.54 Å². The second-order valence-electron chi connectivity index (χ2n) is 6.00. The Labute approximate surface area is 112 Å². The van der Waals surface area contributed by atoms with Gasteiger partial charge in [-0.2, -0.15) is 0 Å². The second kappa shape index (κ2) is 7.74. The van der Waals surface area contributed by atoms with Crippen LogP contribution < -0.4 is 5.73 Å². The van der Waals surface area contributed by atoms with Gasteiger partial charge in [0.25, 0.3) is 0 Å². The number of hydrogen-bond donors (Lipinski definition) is 1. The number of hydrogen-bond acceptors (Lipinski definition) is 4. The number of carbonyl (C=O) groups excluding carboxylic acids is 1. The zero-order valence-electron chi connectivity index (χ0n) is 12.8. The first-order valence-corrected chi connectivity index (χ1v) is 6.82. The molecule has 1 atom stereocenters. The van der Waals surface area contributed by atoms with Crippen molar-refractivity contribution in [3.8, 4) is 0 Å². The summed E-state index contributed by atoms with van der Waals surface area (Å²) in [6.07, 6.45) is 1.56. The van der Waals surface area contributed by atoms with Crippen molar-refractivity contribution >= 4 is 5.97 Å². The van der Waals surface area contributed by atoms with E-state index in [0.717, 1.165) is 19.5 Å². The van der Waals surface area contributed by atoms with E-state index in [1.165, 1.54) is 7.11 Å². The Morgan fingerprint density at radius 1 is 1.33 bits per heavy atom. The van der Waals surface area contributed by atoms with E-state index in [1.54, 1.807) is 6.92 Å². The summed E-state index contributed by atoms with van der Waals surface area (Å²) in [6.45, 7) is 12.6. The van der Waals surface area contributed by atoms with E-state index in [9.17, 15) is 4.79 Å². The number of nitrogens with two attached hydrogens (primary N) is 1. The predicted octanol–water partition coefficient (Wildman–Crippen LogP) is 2.02. The molecule has 1 unspecified atom stereocenters. The van der Waals surface area contributed by atoms with Crippen molar-refractivity contribution < 1.29 is 9.53 Å². The number of rotatable bonds is 8. The Balaban J connectivity index is 4.17. The molecule has 0 radical (unpaired) electrons. The van der Waals surface area contributed by atoms with Crippen LogP contribution in [0.4, 0.5) is 0 Å². The largest absolute Gasteiger partial charge is 0.468 e. The van der Waals surface area contributed by atoms with Gasteiger partial charge in [-0.1, -0.05) is 13.8 Å². The number of esters is 1. The van der Waals surface area contributed by atoms with Crippen molar-refractivity contribution in [3.05, 3.63) is 0 Å². The molecule has 0 aromatic heterocycles. The Hall–Kier alpha value is -0.610. The highest BCUT2D eigenvalue weighted by molar-refractivity contribution is 5.79. The fourth-order valence-corrected chi connectivity index (χ4v) is 2.01. The Morgan fingerprint density at radius 2 is 1.89 bits per heavy atom. The normalized spacial score (nSPS) is 15.2. The molecule has 108 valence electrons. The molecule has 0 rings (SSSR count). The van der Waals surface area contributed by atoms with E-state index in [2.05, 4.69) is 32.6 Å². The highest BCUT2D eigenvalue weighted by atomic mass is 16.5. The summed E-state index contributed by atoms with van der Waals surface area (Å²) >= 11 is 0. The minimum absolute atomic E-state index is 0.331. The third-order valence-corrected chi connectivity index (χ3v) is 3.12. The molecule has 0 aliphatic heterocycles. The standard InChI is InChI=1S/C14H30N2O2/c1-11(2)10-16(12(3)4)9-7-8-14(5,15)13(17)18-6/h11-12H,7-10,15H2,1-6H3. The fraction of sp³-hybridized carbons (Fsp3) is 0.929. The van der Waals surface area contributed by atoms with Gasteiger partial charge in [-0.15, -0.1) is 0 Å². The average molecular weight is 258 g/mol. The van der Waals surface area contributed by atoms with E-state index in [4.69, 9.17) is 10.5 Å². The van der Waals surface area contributed by atoms with Crippen LogP contribution in [0.15, 0.2) is 0 Å². The highest BCUT2D eigenvalue weighted by Gasteiger charge is 2.29. The van der Waals surface area contributed by atoms with Crippen molar-refractivity contribution in [2.45, 2.75) is 59.0 Å². The molecule has 0 amide bonds. The zero-order chi connectivity index (χ0) is 14.3. The van der Waals surface area contributed by atoms with Gasteiger partial charge in [0.05, 0.1) is 7.11 Å². The van der Waals surface area contributed by atoms with Gasteiger partial charge < -0.3 is 15.4 Å². The van der Waals surface area contributed by atoms with Crippen LogP contribution in [0.3, 0.4) is 0 Å². The molecule has 0 aromatic carbocycles. The quantitative estimate of drug-likeness (QED) is 0.677. The minimum atomic E-state index is -0.866. The van der Waals surface area contributed by atoms with Crippen LogP contribution in [-0.4, -0.2) is 42.6 Å². The Bertz CT molecular complexity index is 250. The highest BCUT2D eigenvalue weighted by Crippen LogP contribution is 2.13. The zero-order valence-corrected chi connectivity index (χ0v) is 12.8. The first kappa shape index (κ1) is 17.4. The van der Waals surface area contributed by atoms with Gasteiger partial charge in [-0.05, 0) is 46.1 Å². The summed E-state index contributed by atoms with van der Waals surface area (Å²) in [5.74, 6) is 0.319. The molecular weight excluding hydrogens is 228 g/mol. The number of nitrogens with zero attached hydrogens (tertiary/aromatic N) is 1. The van der Waals surface area contributed by atoms with Crippen molar-refractivity contribution in [1.29, 1.82) is 0 Å². The molecule has 2 N–H and O–H groups in total. The molecule has 0 heterocycles. The van der Waals surface area contributed by atoms with Gasteiger partial charge in [-0.25, -0.2) is 0 Å². The van der Waals surface area contributed by atoms with Gasteiger partial charge in [-0.3, -0.25) is 4.79 Å². The smallest absolute Gasteiger partial charge is 0.325 e. The molecule has 4 heteroatoms.